The van der Waals surface area contributed by atoms with Gasteiger partial charge in [-0.1, -0.05) is 42.8 Å². The Morgan fingerprint density at radius 3 is 2.66 bits per heavy atom. The fourth-order valence-corrected chi connectivity index (χ4v) is 4.84. The van der Waals surface area contributed by atoms with Crippen molar-refractivity contribution >= 4 is 14.1 Å². The first-order chi connectivity index (χ1) is 18.1. The van der Waals surface area contributed by atoms with Gasteiger partial charge < -0.3 is 19.1 Å². The van der Waals surface area contributed by atoms with Gasteiger partial charge >= 0.3 is 19.8 Å². The highest BCUT2D eigenvalue weighted by molar-refractivity contribution is 7.36. The summed E-state index contributed by atoms with van der Waals surface area (Å²) >= 11 is 0. The maximum absolute atomic E-state index is 15.5. The number of esters is 1. The van der Waals surface area contributed by atoms with Crippen molar-refractivity contribution in [3.8, 4) is 5.75 Å². The van der Waals surface area contributed by atoms with Crippen LogP contribution in [0.5, 0.6) is 5.75 Å². The van der Waals surface area contributed by atoms with E-state index in [9.17, 15) is 24.1 Å². The van der Waals surface area contributed by atoms with Crippen LogP contribution in [0.15, 0.2) is 52.2 Å². The third-order valence-corrected chi connectivity index (χ3v) is 7.30. The number of nitrogens with one attached hydrogen (secondary N) is 1. The highest BCUT2D eigenvalue weighted by Crippen LogP contribution is 2.41. The number of aliphatic hydroxyl groups excluding tert-OH is 1. The van der Waals surface area contributed by atoms with E-state index in [0.29, 0.717) is 6.42 Å². The van der Waals surface area contributed by atoms with Crippen LogP contribution >= 0.6 is 8.18 Å². The standard InChI is InChI=1S/C24H33FN3O9P/c1-4-5-9-14-34-21(31)16(2)28(38(33)37-17-10-7-6-8-11-17)35-15-18-20(30)24(3,25)22(36-18)27-13-12-19(29)26-23(27)32/h6-8,10-13,16,18,20,22,30,38H,4-5,9,14-15H2,1-3H3,(H,26,29,32)/t16?,18-,20-,22-,24-/m1/s1. The Morgan fingerprint density at radius 1 is 1.29 bits per heavy atom. The lowest BCUT2D eigenvalue weighted by Crippen LogP contribution is -2.44. The lowest BCUT2D eigenvalue weighted by Gasteiger charge is -2.27. The van der Waals surface area contributed by atoms with E-state index < -0.39 is 62.2 Å². The SMILES string of the molecule is CCCCCOC(=O)C(C)N(OC[C@H]1O[C@@H](n2ccc(=O)[nH]c2=O)[C@](C)(F)[C@@H]1O)[PH](=O)Oc1ccccc1. The summed E-state index contributed by atoms with van der Waals surface area (Å²) in [4.78, 5) is 44.6. The monoisotopic (exact) mass is 557 g/mol. The number of nitrogens with zero attached hydrogens (tertiary/aromatic N) is 2. The largest absolute Gasteiger partial charge is 0.464 e. The van der Waals surface area contributed by atoms with Gasteiger partial charge in [-0.05, 0) is 32.4 Å². The summed E-state index contributed by atoms with van der Waals surface area (Å²) in [6.45, 7) is 4.08. The van der Waals surface area contributed by atoms with Gasteiger partial charge in [-0.25, -0.2) is 9.18 Å². The van der Waals surface area contributed by atoms with Crippen LogP contribution in [-0.2, 0) is 23.7 Å². The summed E-state index contributed by atoms with van der Waals surface area (Å²) in [5, 5.41) is 10.6. The van der Waals surface area contributed by atoms with Gasteiger partial charge in [-0.15, -0.1) is 0 Å². The summed E-state index contributed by atoms with van der Waals surface area (Å²) in [6.07, 6.45) is -1.19. The number of aliphatic hydroxyl groups is 1. The second kappa shape index (κ2) is 13.3. The number of para-hydroxylation sites is 1. The molecule has 1 aromatic heterocycles. The van der Waals surface area contributed by atoms with Crippen molar-refractivity contribution in [3.63, 3.8) is 0 Å². The minimum absolute atomic E-state index is 0.172. The van der Waals surface area contributed by atoms with E-state index >= 15 is 4.39 Å². The highest BCUT2D eigenvalue weighted by atomic mass is 31.1. The van der Waals surface area contributed by atoms with Gasteiger partial charge in [0.05, 0.1) is 13.2 Å². The van der Waals surface area contributed by atoms with E-state index in [1.54, 1.807) is 30.3 Å². The molecule has 1 fully saturated rings. The molecule has 210 valence electrons. The minimum atomic E-state index is -3.24. The molecule has 2 unspecified atom stereocenters. The van der Waals surface area contributed by atoms with E-state index in [2.05, 4.69) is 0 Å². The number of hydrogen-bond acceptors (Lipinski definition) is 9. The van der Waals surface area contributed by atoms with Crippen LogP contribution in [0.25, 0.3) is 0 Å². The van der Waals surface area contributed by atoms with E-state index in [1.807, 2.05) is 11.9 Å². The zero-order chi connectivity index (χ0) is 27.9. The Labute approximate surface area is 219 Å². The van der Waals surface area contributed by atoms with Crippen molar-refractivity contribution in [1.82, 2.24) is 14.4 Å². The van der Waals surface area contributed by atoms with Gasteiger partial charge in [0.25, 0.3) is 5.56 Å². The van der Waals surface area contributed by atoms with Crippen molar-refractivity contribution < 1.29 is 37.7 Å². The van der Waals surface area contributed by atoms with Gasteiger partial charge in [0, 0.05) is 12.3 Å². The van der Waals surface area contributed by atoms with E-state index in [4.69, 9.17) is 18.8 Å². The number of alkyl halides is 1. The molecule has 3 rings (SSSR count). The van der Waals surface area contributed by atoms with E-state index in [1.165, 1.54) is 6.92 Å². The molecule has 0 radical (unpaired) electrons. The topological polar surface area (TPSA) is 149 Å². The third-order valence-electron chi connectivity index (χ3n) is 6.01. The summed E-state index contributed by atoms with van der Waals surface area (Å²) in [5.41, 5.74) is -4.07. The first-order valence-corrected chi connectivity index (χ1v) is 13.5. The van der Waals surface area contributed by atoms with E-state index in [-0.39, 0.29) is 12.4 Å². The molecule has 0 saturated carbocycles. The van der Waals surface area contributed by atoms with Crippen molar-refractivity contribution in [2.75, 3.05) is 13.2 Å². The average molecular weight is 558 g/mol. The van der Waals surface area contributed by atoms with Crippen LogP contribution in [0, 0.1) is 0 Å². The number of H-pyrrole nitrogens is 1. The molecule has 38 heavy (non-hydrogen) atoms. The molecule has 1 aromatic carbocycles. The zero-order valence-corrected chi connectivity index (χ0v) is 22.4. The normalized spacial score (nSPS) is 24.7. The molecule has 6 atom stereocenters. The van der Waals surface area contributed by atoms with Crippen molar-refractivity contribution in [3.05, 3.63) is 63.4 Å². The Hall–Kier alpha value is -2.83. The summed E-state index contributed by atoms with van der Waals surface area (Å²) < 4.78 is 45.7. The molecule has 0 bridgehead atoms. The second-order valence-electron chi connectivity index (χ2n) is 8.99. The van der Waals surface area contributed by atoms with Crippen LogP contribution in [0.1, 0.15) is 46.3 Å². The first kappa shape index (κ1) is 29.7. The molecule has 2 heterocycles. The molecule has 2 N–H and O–H groups in total. The predicted octanol–water partition coefficient (Wildman–Crippen LogP) is 2.35. The number of benzene rings is 1. The predicted molar refractivity (Wildman–Crippen MR) is 135 cm³/mol. The molecular weight excluding hydrogens is 524 g/mol. The maximum Gasteiger partial charge on any atom is 0.331 e. The molecule has 0 spiro atoms. The fraction of sp³-hybridized carbons (Fsp3) is 0.542. The molecule has 14 heteroatoms. The third kappa shape index (κ3) is 7.17. The minimum Gasteiger partial charge on any atom is -0.464 e. The number of aromatic amines is 1. The summed E-state index contributed by atoms with van der Waals surface area (Å²) in [5.74, 6) is -0.448. The second-order valence-corrected chi connectivity index (χ2v) is 10.2. The van der Waals surface area contributed by atoms with E-state index in [0.717, 1.165) is 41.4 Å². The number of ether oxygens (including phenoxy) is 2. The zero-order valence-electron chi connectivity index (χ0n) is 21.4. The Bertz CT molecular complexity index is 1210. The lowest BCUT2D eigenvalue weighted by molar-refractivity contribution is -0.181. The highest BCUT2D eigenvalue weighted by Gasteiger charge is 2.55. The fourth-order valence-electron chi connectivity index (χ4n) is 3.81. The number of hydrogen-bond donors (Lipinski definition) is 2. The Morgan fingerprint density at radius 2 is 2.00 bits per heavy atom. The number of hydroxylamine groups is 1. The molecule has 2 aromatic rings. The summed E-state index contributed by atoms with van der Waals surface area (Å²) in [6, 6.07) is 8.05. The molecule has 1 aliphatic heterocycles. The van der Waals surface area contributed by atoms with Gasteiger partial charge in [0.2, 0.25) is 0 Å². The maximum atomic E-state index is 15.5. The molecule has 0 aliphatic carbocycles. The molecule has 12 nitrogen and oxygen atoms in total. The Balaban J connectivity index is 1.75. The van der Waals surface area contributed by atoms with Crippen LogP contribution in [0.4, 0.5) is 4.39 Å². The molecular formula is C24H33FN3O9P. The Kier molecular flexibility index (Phi) is 10.4. The summed E-state index contributed by atoms with van der Waals surface area (Å²) in [7, 11) is -3.24. The van der Waals surface area contributed by atoms with Crippen molar-refractivity contribution in [2.45, 2.75) is 70.2 Å². The van der Waals surface area contributed by atoms with Gasteiger partial charge in [0.1, 0.15) is 24.0 Å². The number of unbranched alkanes of at least 4 members (excludes halogenated alkanes) is 2. The molecule has 1 saturated heterocycles. The first-order valence-electron chi connectivity index (χ1n) is 12.3. The number of aromatic nitrogens is 2. The number of rotatable bonds is 13. The van der Waals surface area contributed by atoms with Crippen LogP contribution in [0.2, 0.25) is 0 Å². The number of carbonyl (C=O) groups excluding carboxylic acids is 1. The quantitative estimate of drug-likeness (QED) is 0.163. The lowest BCUT2D eigenvalue weighted by atomic mass is 9.98. The van der Waals surface area contributed by atoms with Crippen LogP contribution in [0.3, 0.4) is 0 Å². The smallest absolute Gasteiger partial charge is 0.331 e. The van der Waals surface area contributed by atoms with Gasteiger partial charge in [0.15, 0.2) is 11.9 Å². The number of halogens is 1. The molecule has 1 aliphatic rings. The van der Waals surface area contributed by atoms with Gasteiger partial charge in [-0.3, -0.25) is 28.5 Å². The average Bonchev–Trinajstić information content (AvgIpc) is 3.10. The molecule has 0 amide bonds. The number of carbonyl (C=O) groups is 1. The van der Waals surface area contributed by atoms with Crippen LogP contribution in [-0.4, -0.2) is 62.6 Å². The van der Waals surface area contributed by atoms with Crippen molar-refractivity contribution in [1.29, 1.82) is 0 Å². The van der Waals surface area contributed by atoms with Crippen LogP contribution < -0.4 is 15.8 Å². The van der Waals surface area contributed by atoms with Crippen molar-refractivity contribution in [2.24, 2.45) is 0 Å². The van der Waals surface area contributed by atoms with Gasteiger partial charge in [-0.2, -0.15) is 0 Å².